The average molecular weight is 341 g/mol. The van der Waals surface area contributed by atoms with Crippen LogP contribution in [0.3, 0.4) is 0 Å². The molecule has 0 spiro atoms. The lowest BCUT2D eigenvalue weighted by molar-refractivity contribution is -0.135. The van der Waals surface area contributed by atoms with Gasteiger partial charge in [0, 0.05) is 19.5 Å². The highest BCUT2D eigenvalue weighted by molar-refractivity contribution is 6.08. The summed E-state index contributed by atoms with van der Waals surface area (Å²) in [5, 5.41) is 4.59. The lowest BCUT2D eigenvalue weighted by atomic mass is 10.1. The molecule has 0 aromatic carbocycles. The van der Waals surface area contributed by atoms with E-state index in [1.807, 2.05) is 6.92 Å². The number of anilines is 1. The Morgan fingerprint density at radius 2 is 2.08 bits per heavy atom. The maximum atomic E-state index is 12.4. The molecule has 0 bridgehead atoms. The van der Waals surface area contributed by atoms with Crippen molar-refractivity contribution in [1.29, 1.82) is 0 Å². The van der Waals surface area contributed by atoms with E-state index in [0.717, 1.165) is 6.42 Å². The highest BCUT2D eigenvalue weighted by atomic mass is 19.4. The van der Waals surface area contributed by atoms with E-state index in [-0.39, 0.29) is 18.9 Å². The summed E-state index contributed by atoms with van der Waals surface area (Å²) >= 11 is 0. The van der Waals surface area contributed by atoms with E-state index in [0.29, 0.717) is 41.1 Å². The number of aryl methyl sites for hydroxylation is 1. The minimum atomic E-state index is -4.19. The third-order valence-corrected chi connectivity index (χ3v) is 4.07. The molecule has 0 unspecified atom stereocenters. The second-order valence-electron chi connectivity index (χ2n) is 5.90. The Morgan fingerprint density at radius 1 is 1.33 bits per heavy atom. The van der Waals surface area contributed by atoms with Crippen LogP contribution in [0.5, 0.6) is 0 Å². The van der Waals surface area contributed by atoms with Gasteiger partial charge in [-0.1, -0.05) is 6.92 Å². The van der Waals surface area contributed by atoms with E-state index < -0.39 is 12.6 Å². The van der Waals surface area contributed by atoms with Crippen LogP contribution in [0.1, 0.15) is 42.2 Å². The fourth-order valence-corrected chi connectivity index (χ4v) is 2.97. The average Bonchev–Trinajstić information content (AvgIpc) is 3.02. The molecule has 0 atom stereocenters. The van der Waals surface area contributed by atoms with E-state index in [2.05, 4.69) is 10.1 Å². The molecule has 2 N–H and O–H groups in total. The van der Waals surface area contributed by atoms with Gasteiger partial charge in [0.2, 0.25) is 0 Å². The number of carbonyl (C=O) groups is 1. The number of rotatable bonds is 5. The number of hydrogen-bond donors (Lipinski definition) is 1. The lowest BCUT2D eigenvalue weighted by Crippen LogP contribution is -2.24. The van der Waals surface area contributed by atoms with Crippen LogP contribution in [0.25, 0.3) is 11.0 Å². The Labute approximate surface area is 136 Å². The summed E-state index contributed by atoms with van der Waals surface area (Å²) in [5.74, 6) is -0.149. The van der Waals surface area contributed by atoms with E-state index in [9.17, 15) is 18.0 Å². The van der Waals surface area contributed by atoms with Crippen molar-refractivity contribution in [1.82, 2.24) is 19.7 Å². The first-order valence-corrected chi connectivity index (χ1v) is 7.81. The molecule has 0 aliphatic carbocycles. The molecule has 2 aromatic rings. The van der Waals surface area contributed by atoms with Crippen molar-refractivity contribution < 1.29 is 18.0 Å². The number of nitrogens with two attached hydrogens (primary N) is 1. The van der Waals surface area contributed by atoms with Gasteiger partial charge in [-0.3, -0.25) is 4.79 Å². The van der Waals surface area contributed by atoms with Gasteiger partial charge in [0.25, 0.3) is 5.91 Å². The smallest absolute Gasteiger partial charge is 0.389 e. The van der Waals surface area contributed by atoms with E-state index in [1.54, 1.807) is 4.90 Å². The highest BCUT2D eigenvalue weighted by Crippen LogP contribution is 2.32. The molecule has 3 heterocycles. The van der Waals surface area contributed by atoms with Crippen LogP contribution in [0, 0.1) is 0 Å². The van der Waals surface area contributed by atoms with Crippen LogP contribution < -0.4 is 5.73 Å². The summed E-state index contributed by atoms with van der Waals surface area (Å²) < 4.78 is 38.3. The molecular formula is C15H18F3N5O. The topological polar surface area (TPSA) is 77.0 Å². The van der Waals surface area contributed by atoms with Gasteiger partial charge >= 0.3 is 6.18 Å². The number of hydrogen-bond acceptors (Lipinski definition) is 4. The Hall–Kier alpha value is -2.32. The van der Waals surface area contributed by atoms with Gasteiger partial charge in [-0.2, -0.15) is 18.3 Å². The van der Waals surface area contributed by atoms with Crippen molar-refractivity contribution in [2.24, 2.45) is 0 Å². The van der Waals surface area contributed by atoms with Crippen molar-refractivity contribution >= 4 is 22.6 Å². The van der Waals surface area contributed by atoms with Crippen molar-refractivity contribution in [2.45, 2.75) is 45.5 Å². The Bertz CT molecular complexity index is 783. The van der Waals surface area contributed by atoms with Crippen LogP contribution in [0.15, 0.2) is 6.20 Å². The molecule has 9 heteroatoms. The van der Waals surface area contributed by atoms with Gasteiger partial charge < -0.3 is 10.6 Å². The third-order valence-electron chi connectivity index (χ3n) is 4.07. The van der Waals surface area contributed by atoms with Gasteiger partial charge in [-0.05, 0) is 12.8 Å². The lowest BCUT2D eigenvalue weighted by Gasteiger charge is -2.13. The van der Waals surface area contributed by atoms with Crippen molar-refractivity contribution in [3.05, 3.63) is 17.5 Å². The number of nitrogens with zero attached hydrogens (tertiary/aromatic N) is 4. The van der Waals surface area contributed by atoms with Crippen LogP contribution >= 0.6 is 0 Å². The van der Waals surface area contributed by atoms with Crippen molar-refractivity contribution in [3.8, 4) is 0 Å². The molecule has 3 rings (SSSR count). The highest BCUT2D eigenvalue weighted by Gasteiger charge is 2.32. The molecule has 1 aliphatic heterocycles. The first kappa shape index (κ1) is 16.5. The van der Waals surface area contributed by atoms with Crippen molar-refractivity contribution in [3.63, 3.8) is 0 Å². The minimum absolute atomic E-state index is 0.0835. The van der Waals surface area contributed by atoms with E-state index in [4.69, 9.17) is 5.73 Å². The van der Waals surface area contributed by atoms with Crippen LogP contribution in [0.4, 0.5) is 18.9 Å². The predicted molar refractivity (Wildman–Crippen MR) is 82.3 cm³/mol. The minimum Gasteiger partial charge on any atom is -0.397 e. The summed E-state index contributed by atoms with van der Waals surface area (Å²) in [4.78, 5) is 18.5. The summed E-state index contributed by atoms with van der Waals surface area (Å²) in [6, 6.07) is 0. The van der Waals surface area contributed by atoms with Gasteiger partial charge in [0.1, 0.15) is 0 Å². The molecule has 2 aromatic heterocycles. The number of aromatic nitrogens is 3. The fraction of sp³-hybridized carbons (Fsp3) is 0.533. The number of fused-ring (bicyclic) bond motifs is 2. The standard InChI is InChI=1S/C15H18F3N5O/c1-2-5-22-8-10-11(14(22)24)12(19)9-7-20-23(13(9)21-10)6-3-4-15(16,17)18/h7H,2-6,8H2,1H3,(H2,19,21). The van der Waals surface area contributed by atoms with Gasteiger partial charge in [-0.25, -0.2) is 9.67 Å². The normalized spacial score (nSPS) is 14.7. The third kappa shape index (κ3) is 2.90. The number of halogens is 3. The van der Waals surface area contributed by atoms with Crippen molar-refractivity contribution in [2.75, 3.05) is 12.3 Å². The molecular weight excluding hydrogens is 323 g/mol. The van der Waals surface area contributed by atoms with Crippen LogP contribution in [-0.4, -0.2) is 38.3 Å². The number of nitrogen functional groups attached to an aromatic ring is 1. The number of carbonyl (C=O) groups excluding carboxylic acids is 1. The molecule has 1 aliphatic rings. The Kier molecular flexibility index (Phi) is 4.10. The molecule has 24 heavy (non-hydrogen) atoms. The van der Waals surface area contributed by atoms with Gasteiger partial charge in [0.15, 0.2) is 5.65 Å². The molecule has 6 nitrogen and oxygen atoms in total. The molecule has 130 valence electrons. The quantitative estimate of drug-likeness (QED) is 0.907. The molecule has 0 saturated carbocycles. The van der Waals surface area contributed by atoms with E-state index >= 15 is 0 Å². The van der Waals surface area contributed by atoms with Crippen LogP contribution in [-0.2, 0) is 13.1 Å². The SMILES string of the molecule is CCCN1Cc2nc3c(cnn3CCCC(F)(F)F)c(N)c2C1=O. The molecule has 1 amide bonds. The second kappa shape index (κ2) is 5.95. The molecule has 0 radical (unpaired) electrons. The number of alkyl halides is 3. The largest absolute Gasteiger partial charge is 0.397 e. The molecule has 0 fully saturated rings. The predicted octanol–water partition coefficient (Wildman–Crippen LogP) is 2.72. The first-order chi connectivity index (χ1) is 11.3. The zero-order valence-electron chi connectivity index (χ0n) is 13.2. The summed E-state index contributed by atoms with van der Waals surface area (Å²) in [7, 11) is 0. The van der Waals surface area contributed by atoms with Gasteiger partial charge in [0.05, 0.1) is 35.1 Å². The van der Waals surface area contributed by atoms with Gasteiger partial charge in [-0.15, -0.1) is 0 Å². The van der Waals surface area contributed by atoms with Crippen LogP contribution in [0.2, 0.25) is 0 Å². The maximum Gasteiger partial charge on any atom is 0.389 e. The monoisotopic (exact) mass is 341 g/mol. The summed E-state index contributed by atoms with van der Waals surface area (Å²) in [5.41, 5.74) is 7.81. The van der Waals surface area contributed by atoms with E-state index in [1.165, 1.54) is 10.9 Å². The fourth-order valence-electron chi connectivity index (χ4n) is 2.97. The number of pyridine rings is 1. The summed E-state index contributed by atoms with van der Waals surface area (Å²) in [6.45, 7) is 3.06. The Balaban J connectivity index is 1.91. The maximum absolute atomic E-state index is 12.4. The zero-order chi connectivity index (χ0) is 17.5. The Morgan fingerprint density at radius 3 is 2.75 bits per heavy atom. The second-order valence-corrected chi connectivity index (χ2v) is 5.90. The molecule has 0 saturated heterocycles. The first-order valence-electron chi connectivity index (χ1n) is 7.81. The zero-order valence-corrected chi connectivity index (χ0v) is 13.2. The summed E-state index contributed by atoms with van der Waals surface area (Å²) in [6.07, 6.45) is -2.87. The number of amides is 1.